The lowest BCUT2D eigenvalue weighted by Gasteiger charge is -2.22. The van der Waals surface area contributed by atoms with Crippen molar-refractivity contribution in [2.24, 2.45) is 12.0 Å². The van der Waals surface area contributed by atoms with E-state index in [4.69, 9.17) is 0 Å². The predicted octanol–water partition coefficient (Wildman–Crippen LogP) is 2.91. The summed E-state index contributed by atoms with van der Waals surface area (Å²) in [5, 5.41) is 7.28. The maximum Gasteiger partial charge on any atom is 0.194 e. The fourth-order valence-electron chi connectivity index (χ4n) is 2.37. The maximum absolute atomic E-state index is 13.4. The first-order valence-corrected chi connectivity index (χ1v) is 8.19. The highest BCUT2D eigenvalue weighted by Gasteiger charge is 2.12. The van der Waals surface area contributed by atoms with Crippen LogP contribution in [0.15, 0.2) is 29.5 Å². The Morgan fingerprint density at radius 1 is 1.35 bits per heavy atom. The molecule has 0 radical (unpaired) electrons. The second-order valence-electron chi connectivity index (χ2n) is 5.93. The van der Waals surface area contributed by atoms with Gasteiger partial charge in [-0.2, -0.15) is 5.10 Å². The highest BCUT2D eigenvalue weighted by atomic mass is 127. The molecule has 0 aliphatic rings. The zero-order valence-corrected chi connectivity index (χ0v) is 17.7. The molecule has 0 fully saturated rings. The molecule has 144 valence electrons. The van der Waals surface area contributed by atoms with Gasteiger partial charge in [0, 0.05) is 33.1 Å². The molecule has 0 saturated carbocycles. The quantitative estimate of drug-likeness (QED) is 0.394. The van der Waals surface area contributed by atoms with Crippen molar-refractivity contribution in [3.8, 4) is 0 Å². The Hall–Kier alpha value is -1.78. The van der Waals surface area contributed by atoms with Crippen molar-refractivity contribution in [2.45, 2.75) is 26.3 Å². The molecule has 6 nitrogen and oxygen atoms in total. The zero-order chi connectivity index (χ0) is 18.4. The fourth-order valence-corrected chi connectivity index (χ4v) is 2.37. The Morgan fingerprint density at radius 2 is 2.08 bits per heavy atom. The lowest BCUT2D eigenvalue weighted by molar-refractivity contribution is 0.448. The van der Waals surface area contributed by atoms with Crippen molar-refractivity contribution >= 4 is 29.9 Å². The van der Waals surface area contributed by atoms with Crippen molar-refractivity contribution in [1.82, 2.24) is 25.0 Å². The first-order valence-electron chi connectivity index (χ1n) is 8.19. The summed E-state index contributed by atoms with van der Waals surface area (Å²) in [6.45, 7) is 5.66. The third kappa shape index (κ3) is 5.89. The van der Waals surface area contributed by atoms with E-state index in [1.54, 1.807) is 10.7 Å². The standard InChI is InChI=1S/C17H24F2N6.HI/c1-5-20-17(24(3)10-16-22-11-23-25(16)4)21-9-12(2)13-6-7-14(18)15(19)8-13;/h6-8,11-12H,5,9-10H2,1-4H3,(H,20,21);1H. The van der Waals surface area contributed by atoms with Gasteiger partial charge < -0.3 is 10.2 Å². The number of guanidine groups is 1. The van der Waals surface area contributed by atoms with Crippen molar-refractivity contribution in [1.29, 1.82) is 0 Å². The normalized spacial score (nSPS) is 12.5. The molecule has 9 heteroatoms. The van der Waals surface area contributed by atoms with E-state index < -0.39 is 11.6 Å². The molecule has 1 aromatic heterocycles. The fraction of sp³-hybridized carbons (Fsp3) is 0.471. The summed E-state index contributed by atoms with van der Waals surface area (Å²) in [6.07, 6.45) is 1.51. The van der Waals surface area contributed by atoms with Gasteiger partial charge in [0.05, 0.1) is 6.54 Å². The summed E-state index contributed by atoms with van der Waals surface area (Å²) in [5.41, 5.74) is 0.717. The molecule has 0 saturated heterocycles. The summed E-state index contributed by atoms with van der Waals surface area (Å²) in [5.74, 6) is -0.162. The van der Waals surface area contributed by atoms with E-state index in [0.717, 1.165) is 30.0 Å². The van der Waals surface area contributed by atoms with Gasteiger partial charge in [-0.3, -0.25) is 9.67 Å². The van der Waals surface area contributed by atoms with E-state index in [2.05, 4.69) is 20.4 Å². The van der Waals surface area contributed by atoms with Crippen molar-refractivity contribution in [3.05, 3.63) is 47.5 Å². The molecule has 1 aromatic carbocycles. The monoisotopic (exact) mass is 478 g/mol. The molecule has 0 amide bonds. The molecule has 26 heavy (non-hydrogen) atoms. The average molecular weight is 478 g/mol. The van der Waals surface area contributed by atoms with Crippen molar-refractivity contribution in [3.63, 3.8) is 0 Å². The van der Waals surface area contributed by atoms with Crippen LogP contribution in [0.25, 0.3) is 0 Å². The zero-order valence-electron chi connectivity index (χ0n) is 15.4. The molecule has 0 bridgehead atoms. The van der Waals surface area contributed by atoms with E-state index in [1.165, 1.54) is 12.4 Å². The molecule has 1 heterocycles. The van der Waals surface area contributed by atoms with Crippen LogP contribution in [0.1, 0.15) is 31.2 Å². The van der Waals surface area contributed by atoms with Crippen LogP contribution < -0.4 is 5.32 Å². The molecule has 0 spiro atoms. The second-order valence-corrected chi connectivity index (χ2v) is 5.93. The summed E-state index contributed by atoms with van der Waals surface area (Å²) >= 11 is 0. The minimum atomic E-state index is -0.837. The Labute approximate surface area is 169 Å². The van der Waals surface area contributed by atoms with Gasteiger partial charge in [0.15, 0.2) is 17.6 Å². The summed E-state index contributed by atoms with van der Waals surface area (Å²) in [4.78, 5) is 10.8. The van der Waals surface area contributed by atoms with Crippen LogP contribution in [0, 0.1) is 11.6 Å². The molecule has 0 aliphatic carbocycles. The van der Waals surface area contributed by atoms with Gasteiger partial charge in [-0.25, -0.2) is 13.8 Å². The number of benzene rings is 1. The number of aromatic nitrogens is 3. The second kappa shape index (κ2) is 10.4. The number of hydrogen-bond acceptors (Lipinski definition) is 3. The molecule has 2 aromatic rings. The highest BCUT2D eigenvalue weighted by molar-refractivity contribution is 14.0. The number of hydrogen-bond donors (Lipinski definition) is 1. The van der Waals surface area contributed by atoms with Crippen LogP contribution in [0.3, 0.4) is 0 Å². The number of nitrogens with one attached hydrogen (secondary N) is 1. The molecular weight excluding hydrogens is 453 g/mol. The molecule has 0 aliphatic heterocycles. The number of rotatable bonds is 6. The van der Waals surface area contributed by atoms with Gasteiger partial charge in [0.2, 0.25) is 0 Å². The third-order valence-electron chi connectivity index (χ3n) is 3.91. The van der Waals surface area contributed by atoms with Gasteiger partial charge in [-0.15, -0.1) is 24.0 Å². The summed E-state index contributed by atoms with van der Waals surface area (Å²) < 4.78 is 28.2. The maximum atomic E-state index is 13.4. The summed E-state index contributed by atoms with van der Waals surface area (Å²) in [7, 11) is 3.75. The van der Waals surface area contributed by atoms with E-state index >= 15 is 0 Å². The van der Waals surface area contributed by atoms with E-state index in [1.807, 2.05) is 32.8 Å². The first-order chi connectivity index (χ1) is 11.9. The van der Waals surface area contributed by atoms with E-state index in [0.29, 0.717) is 13.1 Å². The van der Waals surface area contributed by atoms with Crippen LogP contribution in [0.4, 0.5) is 8.78 Å². The van der Waals surface area contributed by atoms with Crippen LogP contribution in [-0.4, -0.2) is 45.8 Å². The van der Waals surface area contributed by atoms with Gasteiger partial charge in [-0.05, 0) is 24.6 Å². The third-order valence-corrected chi connectivity index (χ3v) is 3.91. The Morgan fingerprint density at radius 3 is 2.65 bits per heavy atom. The molecule has 1 atom stereocenters. The summed E-state index contributed by atoms with van der Waals surface area (Å²) in [6, 6.07) is 3.97. The largest absolute Gasteiger partial charge is 0.357 e. The molecular formula is C17H25F2IN6. The van der Waals surface area contributed by atoms with Crippen molar-refractivity contribution < 1.29 is 8.78 Å². The lowest BCUT2D eigenvalue weighted by atomic mass is 10.0. The van der Waals surface area contributed by atoms with Gasteiger partial charge >= 0.3 is 0 Å². The van der Waals surface area contributed by atoms with Gasteiger partial charge in [-0.1, -0.05) is 13.0 Å². The number of halogens is 3. The smallest absolute Gasteiger partial charge is 0.194 e. The topological polar surface area (TPSA) is 58.3 Å². The van der Waals surface area contributed by atoms with Crippen LogP contribution >= 0.6 is 24.0 Å². The SMILES string of the molecule is CCNC(=NCC(C)c1ccc(F)c(F)c1)N(C)Cc1ncnn1C.I. The first kappa shape index (κ1) is 22.3. The van der Waals surface area contributed by atoms with Gasteiger partial charge in [0.25, 0.3) is 0 Å². The highest BCUT2D eigenvalue weighted by Crippen LogP contribution is 2.18. The number of nitrogens with zero attached hydrogens (tertiary/aromatic N) is 5. The minimum absolute atomic E-state index is 0. The number of aryl methyl sites for hydroxylation is 1. The Balaban J connectivity index is 0.00000338. The van der Waals surface area contributed by atoms with E-state index in [-0.39, 0.29) is 29.9 Å². The average Bonchev–Trinajstić information content (AvgIpc) is 2.98. The predicted molar refractivity (Wildman–Crippen MR) is 109 cm³/mol. The van der Waals surface area contributed by atoms with Crippen LogP contribution in [0.5, 0.6) is 0 Å². The minimum Gasteiger partial charge on any atom is -0.357 e. The van der Waals surface area contributed by atoms with Crippen molar-refractivity contribution in [2.75, 3.05) is 20.1 Å². The Kier molecular flexibility index (Phi) is 8.89. The molecule has 1 N–H and O–H groups in total. The van der Waals surface area contributed by atoms with E-state index in [9.17, 15) is 8.78 Å². The Bertz CT molecular complexity index is 734. The van der Waals surface area contributed by atoms with Crippen LogP contribution in [-0.2, 0) is 13.6 Å². The molecule has 1 unspecified atom stereocenters. The van der Waals surface area contributed by atoms with Crippen LogP contribution in [0.2, 0.25) is 0 Å². The molecule has 2 rings (SSSR count). The van der Waals surface area contributed by atoms with Gasteiger partial charge in [0.1, 0.15) is 12.2 Å². The number of aliphatic imine (C=N–C) groups is 1. The lowest BCUT2D eigenvalue weighted by Crippen LogP contribution is -2.39.